The molecular weight excluding hydrogens is 168 g/mol. The van der Waals surface area contributed by atoms with Crippen LogP contribution in [0.2, 0.25) is 0 Å². The van der Waals surface area contributed by atoms with Crippen LogP contribution in [-0.4, -0.2) is 0 Å². The van der Waals surface area contributed by atoms with Gasteiger partial charge in [-0.25, -0.2) is 0 Å². The minimum absolute atomic E-state index is 0.900. The van der Waals surface area contributed by atoms with Crippen LogP contribution in [0.5, 0.6) is 0 Å². The second-order valence-corrected chi connectivity index (χ2v) is 6.08. The first-order chi connectivity index (χ1) is 6.75. The molecule has 4 unspecified atom stereocenters. The topological polar surface area (TPSA) is 0 Å². The molecule has 0 heterocycles. The Balaban J connectivity index is 1.79. The SMILES string of the molecule is C=C1CC2CC1C1C3CC(CC3=C)C21. The molecular formula is C14H18. The molecule has 14 heavy (non-hydrogen) atoms. The summed E-state index contributed by atoms with van der Waals surface area (Å²) < 4.78 is 0. The first-order valence-corrected chi connectivity index (χ1v) is 6.11. The van der Waals surface area contributed by atoms with E-state index < -0.39 is 0 Å². The van der Waals surface area contributed by atoms with Gasteiger partial charge in [-0.15, -0.1) is 0 Å². The van der Waals surface area contributed by atoms with Gasteiger partial charge in [0, 0.05) is 0 Å². The van der Waals surface area contributed by atoms with Crippen LogP contribution in [0.3, 0.4) is 0 Å². The van der Waals surface area contributed by atoms with Gasteiger partial charge < -0.3 is 0 Å². The van der Waals surface area contributed by atoms with E-state index in [9.17, 15) is 0 Å². The average Bonchev–Trinajstić information content (AvgIpc) is 2.77. The van der Waals surface area contributed by atoms with Crippen molar-refractivity contribution in [1.82, 2.24) is 0 Å². The Labute approximate surface area is 86.1 Å². The molecule has 0 N–H and O–H groups in total. The lowest BCUT2D eigenvalue weighted by molar-refractivity contribution is 0.204. The van der Waals surface area contributed by atoms with Crippen LogP contribution >= 0.6 is 0 Å². The zero-order valence-electron chi connectivity index (χ0n) is 8.71. The minimum Gasteiger partial charge on any atom is -0.0996 e. The lowest BCUT2D eigenvalue weighted by atomic mass is 9.68. The van der Waals surface area contributed by atoms with Crippen molar-refractivity contribution in [3.8, 4) is 0 Å². The summed E-state index contributed by atoms with van der Waals surface area (Å²) >= 11 is 0. The highest BCUT2D eigenvalue weighted by atomic mass is 14.7. The van der Waals surface area contributed by atoms with Crippen LogP contribution in [0.4, 0.5) is 0 Å². The largest absolute Gasteiger partial charge is 0.0996 e. The van der Waals surface area contributed by atoms with Gasteiger partial charge in [0.05, 0.1) is 0 Å². The fourth-order valence-corrected chi connectivity index (χ4v) is 5.40. The zero-order valence-corrected chi connectivity index (χ0v) is 8.71. The highest BCUT2D eigenvalue weighted by molar-refractivity contribution is 5.28. The normalized spacial score (nSPS) is 58.6. The van der Waals surface area contributed by atoms with Gasteiger partial charge in [0.15, 0.2) is 0 Å². The summed E-state index contributed by atoms with van der Waals surface area (Å²) in [6.45, 7) is 8.55. The van der Waals surface area contributed by atoms with Crippen molar-refractivity contribution in [2.24, 2.45) is 35.5 Å². The molecule has 0 aliphatic heterocycles. The molecule has 4 aliphatic rings. The molecule has 0 aromatic heterocycles. The van der Waals surface area contributed by atoms with E-state index in [1.54, 1.807) is 11.1 Å². The van der Waals surface area contributed by atoms with Crippen LogP contribution < -0.4 is 0 Å². The Kier molecular flexibility index (Phi) is 1.20. The highest BCUT2D eigenvalue weighted by Gasteiger charge is 2.61. The molecule has 4 atom stereocenters. The number of fused-ring (bicyclic) bond motifs is 9. The van der Waals surface area contributed by atoms with Gasteiger partial charge in [-0.05, 0) is 61.2 Å². The summed E-state index contributed by atoms with van der Waals surface area (Å²) in [5.41, 5.74) is 3.16. The standard InChI is InChI=1S/C14H18/c1-7-3-9-5-11(7)14-12-6-10(13(9)14)4-8(12)2/h9-14H,1-6H2. The third-order valence-electron chi connectivity index (χ3n) is 5.67. The molecule has 4 fully saturated rings. The summed E-state index contributed by atoms with van der Waals surface area (Å²) in [6.07, 6.45) is 5.69. The molecule has 0 radical (unpaired) electrons. The van der Waals surface area contributed by atoms with Crippen molar-refractivity contribution in [2.75, 3.05) is 0 Å². The van der Waals surface area contributed by atoms with E-state index in [0.717, 1.165) is 35.5 Å². The van der Waals surface area contributed by atoms with Gasteiger partial charge in [-0.3, -0.25) is 0 Å². The molecule has 0 amide bonds. The van der Waals surface area contributed by atoms with Crippen molar-refractivity contribution in [3.63, 3.8) is 0 Å². The maximum atomic E-state index is 4.28. The lowest BCUT2D eigenvalue weighted by Crippen LogP contribution is -2.29. The Morgan fingerprint density at radius 2 is 1.29 bits per heavy atom. The van der Waals surface area contributed by atoms with E-state index >= 15 is 0 Å². The Hall–Kier alpha value is -0.520. The van der Waals surface area contributed by atoms with E-state index in [1.165, 1.54) is 25.7 Å². The van der Waals surface area contributed by atoms with Gasteiger partial charge in [-0.1, -0.05) is 24.3 Å². The molecule has 0 saturated heterocycles. The predicted molar refractivity (Wildman–Crippen MR) is 57.7 cm³/mol. The molecule has 4 rings (SSSR count). The third-order valence-corrected chi connectivity index (χ3v) is 5.67. The Bertz CT molecular complexity index is 306. The van der Waals surface area contributed by atoms with Gasteiger partial charge in [0.2, 0.25) is 0 Å². The monoisotopic (exact) mass is 186 g/mol. The van der Waals surface area contributed by atoms with Crippen LogP contribution in [-0.2, 0) is 0 Å². The first kappa shape index (κ1) is 7.73. The average molecular weight is 186 g/mol. The van der Waals surface area contributed by atoms with Crippen LogP contribution in [0.25, 0.3) is 0 Å². The van der Waals surface area contributed by atoms with E-state index in [2.05, 4.69) is 13.2 Å². The molecule has 4 aliphatic carbocycles. The number of rotatable bonds is 0. The second kappa shape index (κ2) is 2.18. The summed E-state index contributed by atoms with van der Waals surface area (Å²) in [5, 5.41) is 0. The van der Waals surface area contributed by atoms with Crippen molar-refractivity contribution < 1.29 is 0 Å². The number of hydrogen-bond donors (Lipinski definition) is 0. The highest BCUT2D eigenvalue weighted by Crippen LogP contribution is 2.69. The lowest BCUT2D eigenvalue weighted by Gasteiger charge is -2.36. The van der Waals surface area contributed by atoms with E-state index in [0.29, 0.717) is 0 Å². The molecule has 74 valence electrons. The van der Waals surface area contributed by atoms with Crippen molar-refractivity contribution in [3.05, 3.63) is 24.3 Å². The summed E-state index contributed by atoms with van der Waals surface area (Å²) in [6, 6.07) is 0. The summed E-state index contributed by atoms with van der Waals surface area (Å²) in [4.78, 5) is 0. The fourth-order valence-electron chi connectivity index (χ4n) is 5.40. The fraction of sp³-hybridized carbons (Fsp3) is 0.714. The molecule has 0 aromatic rings. The quantitative estimate of drug-likeness (QED) is 0.402. The molecule has 0 nitrogen and oxygen atoms in total. The number of hydrogen-bond acceptors (Lipinski definition) is 0. The third kappa shape index (κ3) is 0.667. The first-order valence-electron chi connectivity index (χ1n) is 6.11. The van der Waals surface area contributed by atoms with Gasteiger partial charge in [0.25, 0.3) is 0 Å². The minimum atomic E-state index is 0.900. The zero-order chi connectivity index (χ0) is 9.45. The molecule has 0 aromatic carbocycles. The van der Waals surface area contributed by atoms with Crippen molar-refractivity contribution in [1.29, 1.82) is 0 Å². The summed E-state index contributed by atoms with van der Waals surface area (Å²) in [7, 11) is 0. The van der Waals surface area contributed by atoms with E-state index in [-0.39, 0.29) is 0 Å². The second-order valence-electron chi connectivity index (χ2n) is 6.08. The maximum Gasteiger partial charge on any atom is -0.0166 e. The molecule has 0 spiro atoms. The molecule has 4 saturated carbocycles. The van der Waals surface area contributed by atoms with Crippen LogP contribution in [0.15, 0.2) is 24.3 Å². The Morgan fingerprint density at radius 1 is 0.786 bits per heavy atom. The summed E-state index contributed by atoms with van der Waals surface area (Å²) in [5.74, 6) is 5.93. The van der Waals surface area contributed by atoms with Gasteiger partial charge in [-0.2, -0.15) is 0 Å². The maximum absolute atomic E-state index is 4.28. The van der Waals surface area contributed by atoms with Crippen LogP contribution in [0.1, 0.15) is 25.7 Å². The smallest absolute Gasteiger partial charge is 0.0166 e. The van der Waals surface area contributed by atoms with Gasteiger partial charge in [0.1, 0.15) is 0 Å². The van der Waals surface area contributed by atoms with Crippen molar-refractivity contribution in [2.45, 2.75) is 25.7 Å². The van der Waals surface area contributed by atoms with E-state index in [4.69, 9.17) is 0 Å². The predicted octanol–water partition coefficient (Wildman–Crippen LogP) is 3.41. The molecule has 0 heteroatoms. The van der Waals surface area contributed by atoms with Gasteiger partial charge >= 0.3 is 0 Å². The van der Waals surface area contributed by atoms with E-state index in [1.807, 2.05) is 0 Å². The van der Waals surface area contributed by atoms with Crippen molar-refractivity contribution >= 4 is 0 Å². The molecule has 4 bridgehead atoms. The van der Waals surface area contributed by atoms with Crippen LogP contribution in [0, 0.1) is 35.5 Å². The Morgan fingerprint density at radius 3 is 1.79 bits per heavy atom. The number of allylic oxidation sites excluding steroid dienone is 2.